The van der Waals surface area contributed by atoms with Gasteiger partial charge in [0.2, 0.25) is 0 Å². The summed E-state index contributed by atoms with van der Waals surface area (Å²) in [4.78, 5) is 21.8. The molecule has 0 saturated carbocycles. The first kappa shape index (κ1) is 14.7. The SMILES string of the molecule is Cc1nc(SCC(=O)c2ccc(Br)s2)c2ccccc2n1. The molecule has 0 amide bonds. The average Bonchev–Trinajstić information content (AvgIpc) is 2.91. The number of hydrogen-bond donors (Lipinski definition) is 0. The number of aryl methyl sites for hydroxylation is 1. The Labute approximate surface area is 138 Å². The Morgan fingerprint density at radius 1 is 1.24 bits per heavy atom. The van der Waals surface area contributed by atoms with Gasteiger partial charge in [0.1, 0.15) is 10.9 Å². The minimum absolute atomic E-state index is 0.121. The van der Waals surface area contributed by atoms with Gasteiger partial charge in [0, 0.05) is 5.39 Å². The van der Waals surface area contributed by atoms with Gasteiger partial charge in [-0.25, -0.2) is 9.97 Å². The third-order valence-corrected chi connectivity index (χ3v) is 5.52. The van der Waals surface area contributed by atoms with Crippen molar-refractivity contribution in [2.45, 2.75) is 11.9 Å². The van der Waals surface area contributed by atoms with Crippen LogP contribution in [-0.4, -0.2) is 21.5 Å². The van der Waals surface area contributed by atoms with E-state index in [-0.39, 0.29) is 5.78 Å². The van der Waals surface area contributed by atoms with Gasteiger partial charge in [-0.2, -0.15) is 0 Å². The van der Waals surface area contributed by atoms with Crippen molar-refractivity contribution in [2.75, 3.05) is 5.75 Å². The Morgan fingerprint density at radius 2 is 2.05 bits per heavy atom. The third-order valence-electron chi connectivity index (χ3n) is 2.87. The molecule has 0 spiro atoms. The highest BCUT2D eigenvalue weighted by Crippen LogP contribution is 2.28. The molecule has 0 radical (unpaired) electrons. The summed E-state index contributed by atoms with van der Waals surface area (Å²) in [5.74, 6) is 1.23. The van der Waals surface area contributed by atoms with E-state index in [2.05, 4.69) is 25.9 Å². The molecule has 3 nitrogen and oxygen atoms in total. The van der Waals surface area contributed by atoms with Gasteiger partial charge in [0.15, 0.2) is 5.78 Å². The van der Waals surface area contributed by atoms with Crippen LogP contribution in [0.5, 0.6) is 0 Å². The first-order chi connectivity index (χ1) is 10.1. The standard InChI is InChI=1S/C15H11BrN2OS2/c1-9-17-11-5-3-2-4-10(11)15(18-9)20-8-12(19)13-6-7-14(16)21-13/h2-7H,8H2,1H3. The number of nitrogens with zero attached hydrogens (tertiary/aromatic N) is 2. The van der Waals surface area contributed by atoms with Crippen LogP contribution >= 0.6 is 39.0 Å². The van der Waals surface area contributed by atoms with Crippen LogP contribution in [0.1, 0.15) is 15.5 Å². The van der Waals surface area contributed by atoms with Crippen molar-refractivity contribution in [1.29, 1.82) is 0 Å². The van der Waals surface area contributed by atoms with E-state index >= 15 is 0 Å². The fourth-order valence-electron chi connectivity index (χ4n) is 1.94. The number of thioether (sulfide) groups is 1. The van der Waals surface area contributed by atoms with Crippen LogP contribution < -0.4 is 0 Å². The number of aromatic nitrogens is 2. The lowest BCUT2D eigenvalue weighted by Gasteiger charge is -2.05. The molecule has 2 aromatic heterocycles. The number of fused-ring (bicyclic) bond motifs is 1. The number of carbonyl (C=O) groups excluding carboxylic acids is 1. The molecule has 0 atom stereocenters. The Hall–Kier alpha value is -1.24. The second-order valence-electron chi connectivity index (χ2n) is 4.41. The zero-order valence-electron chi connectivity index (χ0n) is 11.2. The molecule has 1 aromatic carbocycles. The minimum atomic E-state index is 0.121. The smallest absolute Gasteiger partial charge is 0.183 e. The maximum atomic E-state index is 12.2. The maximum Gasteiger partial charge on any atom is 0.183 e. The highest BCUT2D eigenvalue weighted by atomic mass is 79.9. The van der Waals surface area contributed by atoms with Gasteiger partial charge in [-0.05, 0) is 41.1 Å². The molecule has 0 aliphatic rings. The zero-order valence-corrected chi connectivity index (χ0v) is 14.4. The minimum Gasteiger partial charge on any atom is -0.292 e. The predicted octanol–water partition coefficient (Wildman–Crippen LogP) is 4.74. The Morgan fingerprint density at radius 3 is 2.81 bits per heavy atom. The van der Waals surface area contributed by atoms with Crippen molar-refractivity contribution >= 4 is 55.7 Å². The van der Waals surface area contributed by atoms with Gasteiger partial charge in [0.05, 0.1) is 19.9 Å². The van der Waals surface area contributed by atoms with E-state index in [9.17, 15) is 4.79 Å². The summed E-state index contributed by atoms with van der Waals surface area (Å²) >= 11 is 6.30. The molecule has 0 aliphatic heterocycles. The van der Waals surface area contributed by atoms with Crippen molar-refractivity contribution in [3.8, 4) is 0 Å². The molecule has 3 rings (SSSR count). The lowest BCUT2D eigenvalue weighted by Crippen LogP contribution is -2.01. The Balaban J connectivity index is 1.83. The number of Topliss-reactive ketones (excluding diaryl/α,β-unsaturated/α-hetero) is 1. The van der Waals surface area contributed by atoms with Crippen LogP contribution in [0.15, 0.2) is 45.2 Å². The van der Waals surface area contributed by atoms with Crippen molar-refractivity contribution in [3.63, 3.8) is 0 Å². The number of hydrogen-bond acceptors (Lipinski definition) is 5. The average molecular weight is 379 g/mol. The molecule has 3 aromatic rings. The number of thiophene rings is 1. The summed E-state index contributed by atoms with van der Waals surface area (Å²) < 4.78 is 0.971. The number of carbonyl (C=O) groups is 1. The number of rotatable bonds is 4. The highest BCUT2D eigenvalue weighted by Gasteiger charge is 2.12. The summed E-state index contributed by atoms with van der Waals surface area (Å²) in [7, 11) is 0. The molecule has 0 bridgehead atoms. The number of halogens is 1. The molecule has 2 heterocycles. The predicted molar refractivity (Wildman–Crippen MR) is 91.3 cm³/mol. The van der Waals surface area contributed by atoms with Gasteiger partial charge in [0.25, 0.3) is 0 Å². The molecule has 0 saturated heterocycles. The van der Waals surface area contributed by atoms with Crippen molar-refractivity contribution in [2.24, 2.45) is 0 Å². The zero-order chi connectivity index (χ0) is 14.8. The Bertz CT molecular complexity index is 816. The van der Waals surface area contributed by atoms with Crippen molar-refractivity contribution < 1.29 is 4.79 Å². The van der Waals surface area contributed by atoms with Gasteiger partial charge >= 0.3 is 0 Å². The van der Waals surface area contributed by atoms with Gasteiger partial charge in [-0.1, -0.05) is 30.0 Å². The van der Waals surface area contributed by atoms with Crippen LogP contribution in [0.3, 0.4) is 0 Å². The fourth-order valence-corrected chi connectivity index (χ4v) is 4.30. The van der Waals surface area contributed by atoms with Crippen LogP contribution in [-0.2, 0) is 0 Å². The quantitative estimate of drug-likeness (QED) is 0.373. The largest absolute Gasteiger partial charge is 0.292 e. The normalized spacial score (nSPS) is 11.0. The Kier molecular flexibility index (Phi) is 4.37. The van der Waals surface area contributed by atoms with Gasteiger partial charge in [-0.3, -0.25) is 4.79 Å². The number of benzene rings is 1. The molecular weight excluding hydrogens is 368 g/mol. The molecular formula is C15H11BrN2OS2. The molecule has 21 heavy (non-hydrogen) atoms. The lowest BCUT2D eigenvalue weighted by atomic mass is 10.2. The summed E-state index contributed by atoms with van der Waals surface area (Å²) in [6.45, 7) is 1.87. The van der Waals surface area contributed by atoms with E-state index in [0.29, 0.717) is 5.75 Å². The van der Waals surface area contributed by atoms with Gasteiger partial charge in [-0.15, -0.1) is 11.3 Å². The van der Waals surface area contributed by atoms with Gasteiger partial charge < -0.3 is 0 Å². The van der Waals surface area contributed by atoms with E-state index < -0.39 is 0 Å². The van der Waals surface area contributed by atoms with E-state index in [1.807, 2.05) is 43.3 Å². The summed E-state index contributed by atoms with van der Waals surface area (Å²) in [5.41, 5.74) is 0.916. The topological polar surface area (TPSA) is 42.9 Å². The second-order valence-corrected chi connectivity index (χ2v) is 7.84. The van der Waals surface area contributed by atoms with Crippen LogP contribution in [0.4, 0.5) is 0 Å². The summed E-state index contributed by atoms with van der Waals surface area (Å²) in [6, 6.07) is 11.6. The molecule has 0 N–H and O–H groups in total. The fraction of sp³-hybridized carbons (Fsp3) is 0.133. The van der Waals surface area contributed by atoms with E-state index in [1.54, 1.807) is 0 Å². The second kappa shape index (κ2) is 6.25. The van der Waals surface area contributed by atoms with Crippen LogP contribution in [0, 0.1) is 6.92 Å². The van der Waals surface area contributed by atoms with E-state index in [0.717, 1.165) is 30.4 Å². The summed E-state index contributed by atoms with van der Waals surface area (Å²) in [6.07, 6.45) is 0. The molecule has 0 aliphatic carbocycles. The molecule has 6 heteroatoms. The molecule has 0 unspecified atom stereocenters. The highest BCUT2D eigenvalue weighted by molar-refractivity contribution is 9.11. The van der Waals surface area contributed by atoms with Crippen molar-refractivity contribution in [1.82, 2.24) is 9.97 Å². The third kappa shape index (κ3) is 3.33. The van der Waals surface area contributed by atoms with Crippen LogP contribution in [0.2, 0.25) is 0 Å². The number of para-hydroxylation sites is 1. The van der Waals surface area contributed by atoms with E-state index in [4.69, 9.17) is 0 Å². The lowest BCUT2D eigenvalue weighted by molar-refractivity contribution is 0.102. The maximum absolute atomic E-state index is 12.2. The first-order valence-electron chi connectivity index (χ1n) is 6.28. The van der Waals surface area contributed by atoms with Crippen LogP contribution in [0.25, 0.3) is 10.9 Å². The number of ketones is 1. The summed E-state index contributed by atoms with van der Waals surface area (Å²) in [5, 5.41) is 1.86. The monoisotopic (exact) mass is 378 g/mol. The molecule has 106 valence electrons. The molecule has 0 fully saturated rings. The first-order valence-corrected chi connectivity index (χ1v) is 8.88. The van der Waals surface area contributed by atoms with E-state index in [1.165, 1.54) is 23.1 Å². The van der Waals surface area contributed by atoms with Crippen molar-refractivity contribution in [3.05, 3.63) is 50.9 Å².